The molecule has 2 heterocycles. The lowest BCUT2D eigenvalue weighted by molar-refractivity contribution is -0.138. The molecule has 2 aromatic heterocycles. The molecule has 1 N–H and O–H groups in total. The molecule has 180 valence electrons. The first-order valence-corrected chi connectivity index (χ1v) is 11.2. The standard InChI is InChI=1S/C24H23F3N4O.C2H6/c1-4-15(2)14-32-18-8-9-21-19(12-18)22(30-23-28-10-11-31(21)23)29-13-17-6-5-7-20(16(17)3)24(25,26)27;1-2/h5-12H,2,4,13-14H2,1,3H3,(H,28,29,30);1-2H3. The molecule has 0 aliphatic rings. The molecule has 2 aromatic carbocycles. The number of halogens is 3. The van der Waals surface area contributed by atoms with Gasteiger partial charge in [0.05, 0.1) is 11.1 Å². The maximum Gasteiger partial charge on any atom is 0.416 e. The van der Waals surface area contributed by atoms with Crippen molar-refractivity contribution in [1.82, 2.24) is 14.4 Å². The Morgan fingerprint density at radius 2 is 1.94 bits per heavy atom. The molecule has 5 nitrogen and oxygen atoms in total. The summed E-state index contributed by atoms with van der Waals surface area (Å²) in [4.78, 5) is 8.84. The van der Waals surface area contributed by atoms with E-state index in [0.717, 1.165) is 29.0 Å². The fourth-order valence-corrected chi connectivity index (χ4v) is 3.51. The number of nitrogens with zero attached hydrogens (tertiary/aromatic N) is 3. The summed E-state index contributed by atoms with van der Waals surface area (Å²) in [6.07, 6.45) is -0.106. The summed E-state index contributed by atoms with van der Waals surface area (Å²) in [5.41, 5.74) is 1.94. The summed E-state index contributed by atoms with van der Waals surface area (Å²) >= 11 is 0. The molecule has 0 amide bonds. The van der Waals surface area contributed by atoms with E-state index in [1.807, 2.05) is 49.6 Å². The number of hydrogen-bond acceptors (Lipinski definition) is 4. The van der Waals surface area contributed by atoms with Gasteiger partial charge in [0, 0.05) is 24.3 Å². The Hall–Kier alpha value is -3.55. The Bertz CT molecular complexity index is 1290. The van der Waals surface area contributed by atoms with E-state index in [9.17, 15) is 13.2 Å². The van der Waals surface area contributed by atoms with Gasteiger partial charge in [-0.05, 0) is 54.3 Å². The second kappa shape index (κ2) is 10.6. The number of fused-ring (bicyclic) bond motifs is 3. The van der Waals surface area contributed by atoms with Crippen molar-refractivity contribution in [2.45, 2.75) is 46.8 Å². The molecule has 0 spiro atoms. The van der Waals surface area contributed by atoms with E-state index < -0.39 is 11.7 Å². The fraction of sp³-hybridized carbons (Fsp3) is 0.308. The number of rotatable bonds is 7. The predicted octanol–water partition coefficient (Wildman–Crippen LogP) is 7.19. The van der Waals surface area contributed by atoms with Crippen LogP contribution in [0.5, 0.6) is 5.75 Å². The van der Waals surface area contributed by atoms with Crippen molar-refractivity contribution in [3.63, 3.8) is 0 Å². The second-order valence-corrected chi connectivity index (χ2v) is 7.57. The summed E-state index contributed by atoms with van der Waals surface area (Å²) < 4.78 is 47.5. The van der Waals surface area contributed by atoms with Gasteiger partial charge < -0.3 is 10.1 Å². The van der Waals surface area contributed by atoms with Crippen molar-refractivity contribution in [3.05, 3.63) is 77.6 Å². The van der Waals surface area contributed by atoms with Gasteiger partial charge in [0.1, 0.15) is 18.2 Å². The average molecular weight is 471 g/mol. The third kappa shape index (κ3) is 5.32. The van der Waals surface area contributed by atoms with Crippen molar-refractivity contribution in [3.8, 4) is 5.75 Å². The highest BCUT2D eigenvalue weighted by Crippen LogP contribution is 2.33. The van der Waals surface area contributed by atoms with Crippen LogP contribution in [-0.4, -0.2) is 21.0 Å². The lowest BCUT2D eigenvalue weighted by Gasteiger charge is -2.16. The number of benzene rings is 2. The van der Waals surface area contributed by atoms with Gasteiger partial charge in [-0.3, -0.25) is 4.40 Å². The zero-order valence-corrected chi connectivity index (χ0v) is 19.8. The Morgan fingerprint density at radius 3 is 2.65 bits per heavy atom. The SMILES string of the molecule is C=C(CC)COc1ccc2c(c1)c(NCc1cccc(C(F)(F)F)c1C)nc1nccn12.CC. The minimum Gasteiger partial charge on any atom is -0.489 e. The number of anilines is 1. The second-order valence-electron chi connectivity index (χ2n) is 7.57. The van der Waals surface area contributed by atoms with Crippen molar-refractivity contribution in [1.29, 1.82) is 0 Å². The normalized spacial score (nSPS) is 11.3. The van der Waals surface area contributed by atoms with Gasteiger partial charge in [0.15, 0.2) is 0 Å². The van der Waals surface area contributed by atoms with Crippen LogP contribution in [-0.2, 0) is 12.7 Å². The zero-order valence-electron chi connectivity index (χ0n) is 19.8. The highest BCUT2D eigenvalue weighted by Gasteiger charge is 2.32. The molecule has 0 radical (unpaired) electrons. The van der Waals surface area contributed by atoms with Gasteiger partial charge in [0.2, 0.25) is 5.78 Å². The fourth-order valence-electron chi connectivity index (χ4n) is 3.51. The van der Waals surface area contributed by atoms with Crippen LogP contribution in [0.3, 0.4) is 0 Å². The Morgan fingerprint density at radius 1 is 1.18 bits per heavy atom. The zero-order chi connectivity index (χ0) is 24.9. The minimum absolute atomic E-state index is 0.187. The quantitative estimate of drug-likeness (QED) is 0.290. The van der Waals surface area contributed by atoms with Crippen LogP contribution < -0.4 is 10.1 Å². The van der Waals surface area contributed by atoms with Gasteiger partial charge in [0.25, 0.3) is 0 Å². The maximum atomic E-state index is 13.3. The van der Waals surface area contributed by atoms with Gasteiger partial charge in [-0.2, -0.15) is 18.2 Å². The summed E-state index contributed by atoms with van der Waals surface area (Å²) in [6, 6.07) is 9.84. The van der Waals surface area contributed by atoms with Crippen molar-refractivity contribution in [2.24, 2.45) is 0 Å². The first-order chi connectivity index (χ1) is 16.3. The van der Waals surface area contributed by atoms with Crippen LogP contribution in [0.1, 0.15) is 43.9 Å². The van der Waals surface area contributed by atoms with Crippen molar-refractivity contribution < 1.29 is 17.9 Å². The topological polar surface area (TPSA) is 51.5 Å². The first-order valence-electron chi connectivity index (χ1n) is 11.2. The third-order valence-electron chi connectivity index (χ3n) is 5.46. The molecule has 34 heavy (non-hydrogen) atoms. The summed E-state index contributed by atoms with van der Waals surface area (Å²) in [7, 11) is 0. The maximum absolute atomic E-state index is 13.3. The van der Waals surface area contributed by atoms with E-state index >= 15 is 0 Å². The lowest BCUT2D eigenvalue weighted by atomic mass is 10.0. The Kier molecular flexibility index (Phi) is 7.81. The number of imidazole rings is 1. The van der Waals surface area contributed by atoms with E-state index in [4.69, 9.17) is 4.74 Å². The highest BCUT2D eigenvalue weighted by molar-refractivity contribution is 5.92. The van der Waals surface area contributed by atoms with Crippen LogP contribution in [0.25, 0.3) is 16.7 Å². The molecule has 0 atom stereocenters. The number of alkyl halides is 3. The average Bonchev–Trinajstić information content (AvgIpc) is 3.30. The highest BCUT2D eigenvalue weighted by atomic mass is 19.4. The smallest absolute Gasteiger partial charge is 0.416 e. The summed E-state index contributed by atoms with van der Waals surface area (Å²) in [5.74, 6) is 1.68. The van der Waals surface area contributed by atoms with Gasteiger partial charge in [-0.25, -0.2) is 4.98 Å². The number of hydrogen-bond donors (Lipinski definition) is 1. The number of aromatic nitrogens is 3. The van der Waals surface area contributed by atoms with E-state index in [0.29, 0.717) is 29.5 Å². The van der Waals surface area contributed by atoms with Crippen molar-refractivity contribution in [2.75, 3.05) is 11.9 Å². The van der Waals surface area contributed by atoms with Crippen LogP contribution in [0.15, 0.2) is 60.9 Å². The number of ether oxygens (including phenoxy) is 1. The predicted molar refractivity (Wildman–Crippen MR) is 130 cm³/mol. The molecular weight excluding hydrogens is 441 g/mol. The van der Waals surface area contributed by atoms with Crippen LogP contribution in [0, 0.1) is 6.92 Å². The third-order valence-corrected chi connectivity index (χ3v) is 5.46. The summed E-state index contributed by atoms with van der Waals surface area (Å²) in [5, 5.41) is 3.98. The van der Waals surface area contributed by atoms with Gasteiger partial charge in [-0.1, -0.05) is 39.5 Å². The molecule has 0 fully saturated rings. The molecule has 8 heteroatoms. The molecule has 4 rings (SSSR count). The lowest BCUT2D eigenvalue weighted by Crippen LogP contribution is -2.11. The molecule has 0 aliphatic heterocycles. The van der Waals surface area contributed by atoms with Gasteiger partial charge >= 0.3 is 6.18 Å². The molecule has 0 bridgehead atoms. The molecule has 0 saturated carbocycles. The Balaban J connectivity index is 0.00000158. The van der Waals surface area contributed by atoms with Crippen LogP contribution in [0.2, 0.25) is 0 Å². The molecule has 0 unspecified atom stereocenters. The minimum atomic E-state index is -4.39. The molecular formula is C26H29F3N4O. The van der Waals surface area contributed by atoms with Crippen molar-refractivity contribution >= 4 is 22.5 Å². The molecule has 0 aliphatic carbocycles. The first kappa shape index (κ1) is 25.1. The van der Waals surface area contributed by atoms with E-state index in [-0.39, 0.29) is 12.1 Å². The van der Waals surface area contributed by atoms with E-state index in [2.05, 4.69) is 21.9 Å². The largest absolute Gasteiger partial charge is 0.489 e. The summed E-state index contributed by atoms with van der Waals surface area (Å²) in [6.45, 7) is 12.1. The molecule has 0 saturated heterocycles. The number of nitrogens with one attached hydrogen (secondary N) is 1. The Labute approximate surface area is 197 Å². The van der Waals surface area contributed by atoms with E-state index in [1.54, 1.807) is 12.3 Å². The van der Waals surface area contributed by atoms with Crippen LogP contribution >= 0.6 is 0 Å². The van der Waals surface area contributed by atoms with E-state index in [1.165, 1.54) is 13.0 Å². The monoisotopic (exact) mass is 470 g/mol. The molecule has 4 aromatic rings. The van der Waals surface area contributed by atoms with Crippen LogP contribution in [0.4, 0.5) is 19.0 Å². The van der Waals surface area contributed by atoms with Gasteiger partial charge in [-0.15, -0.1) is 0 Å².